The standard InChI is InChI=1S/C27H24BrClN2O2.C26H24ClN3O2/c28-23-16-30-26-22(27(23)33)8-6-19-15-20(29)7-9-21(19)25(26)18-10-12-31(13-11-18)24(32)14-17-4-2-1-3-5-17;27-20-4-6-21-19(15-20)3-5-22-23(31)7-11-29-26(22)25(21)18-8-12-30(13-9-18)24(32)14-17-2-1-10-28-16-17/h1-5,7,9,15-16H,6,8,10-14H2,(H,30,33);1-2,4,6-7,10-11,15-16H,3,5,8-9,12-14H2,(H,29,31). The van der Waals surface area contributed by atoms with E-state index in [0.717, 1.165) is 100 Å². The van der Waals surface area contributed by atoms with Crippen LogP contribution in [0.1, 0.15) is 81.6 Å². The molecule has 65 heavy (non-hydrogen) atoms. The second-order valence-electron chi connectivity index (χ2n) is 17.0. The van der Waals surface area contributed by atoms with E-state index in [0.29, 0.717) is 66.4 Å². The summed E-state index contributed by atoms with van der Waals surface area (Å²) in [6.45, 7) is 2.72. The fraction of sp³-hybridized carbons (Fsp3) is 0.264. The summed E-state index contributed by atoms with van der Waals surface area (Å²) in [5, 5.41) is 1.42. The van der Waals surface area contributed by atoms with Gasteiger partial charge in [-0.05, 0) is 131 Å². The van der Waals surface area contributed by atoms with Gasteiger partial charge in [0.05, 0.1) is 28.7 Å². The molecule has 2 aliphatic carbocycles. The maximum atomic E-state index is 13.0. The number of piperidine rings is 2. The largest absolute Gasteiger partial charge is 0.361 e. The Morgan fingerprint density at radius 2 is 1.15 bits per heavy atom. The van der Waals surface area contributed by atoms with Crippen molar-refractivity contribution in [3.63, 3.8) is 0 Å². The average Bonchev–Trinajstić information content (AvgIpc) is 3.59. The number of rotatable bonds is 4. The fourth-order valence-electron chi connectivity index (χ4n) is 9.76. The van der Waals surface area contributed by atoms with Crippen LogP contribution in [0.4, 0.5) is 0 Å². The number of aryl methyl sites for hydroxylation is 2. The van der Waals surface area contributed by atoms with Crippen molar-refractivity contribution in [2.24, 2.45) is 0 Å². The highest BCUT2D eigenvalue weighted by Crippen LogP contribution is 2.40. The Morgan fingerprint density at radius 1 is 0.615 bits per heavy atom. The number of likely N-dealkylation sites (tertiary alicyclic amines) is 2. The third-order valence-electron chi connectivity index (χ3n) is 13.1. The van der Waals surface area contributed by atoms with E-state index in [1.165, 1.54) is 16.7 Å². The van der Waals surface area contributed by atoms with Crippen LogP contribution in [0.5, 0.6) is 0 Å². The van der Waals surface area contributed by atoms with E-state index >= 15 is 0 Å². The van der Waals surface area contributed by atoms with Gasteiger partial charge in [-0.3, -0.25) is 24.2 Å². The molecule has 2 aliphatic heterocycles. The normalized spacial score (nSPS) is 15.7. The van der Waals surface area contributed by atoms with Crippen LogP contribution in [0.25, 0.3) is 11.1 Å². The monoisotopic (exact) mass is 967 g/mol. The Labute approximate surface area is 396 Å². The second-order valence-corrected chi connectivity index (χ2v) is 18.8. The van der Waals surface area contributed by atoms with Crippen molar-refractivity contribution in [2.75, 3.05) is 26.2 Å². The molecule has 0 atom stereocenters. The van der Waals surface area contributed by atoms with Gasteiger partial charge in [0.15, 0.2) is 10.9 Å². The average molecular weight is 970 g/mol. The molecule has 0 bridgehead atoms. The number of carbonyl (C=O) groups is 2. The molecule has 3 aromatic heterocycles. The van der Waals surface area contributed by atoms with E-state index in [9.17, 15) is 19.2 Å². The summed E-state index contributed by atoms with van der Waals surface area (Å²) < 4.78 is 0.552. The lowest BCUT2D eigenvalue weighted by Gasteiger charge is -2.30. The summed E-state index contributed by atoms with van der Waals surface area (Å²) in [6, 6.07) is 27.3. The molecule has 0 radical (unpaired) electrons. The van der Waals surface area contributed by atoms with E-state index in [4.69, 9.17) is 23.2 Å². The lowest BCUT2D eigenvalue weighted by atomic mass is 9.88. The van der Waals surface area contributed by atoms with Gasteiger partial charge in [-0.15, -0.1) is 0 Å². The first-order chi connectivity index (χ1) is 31.6. The molecule has 2 saturated heterocycles. The number of carbonyl (C=O) groups excluding carboxylic acids is 2. The number of nitrogens with one attached hydrogen (secondary N) is 2. The molecular formula is C53H48BrCl2N5O4. The number of hydrogen-bond acceptors (Lipinski definition) is 5. The first-order valence-corrected chi connectivity index (χ1v) is 23.8. The van der Waals surface area contributed by atoms with Crippen LogP contribution in [0, 0.1) is 0 Å². The van der Waals surface area contributed by atoms with Crippen LogP contribution < -0.4 is 10.9 Å². The molecule has 2 amide bonds. The van der Waals surface area contributed by atoms with Crippen LogP contribution in [-0.4, -0.2) is 62.7 Å². The highest BCUT2D eigenvalue weighted by Gasteiger charge is 2.29. The van der Waals surface area contributed by atoms with E-state index in [2.05, 4.69) is 43.0 Å². The van der Waals surface area contributed by atoms with Gasteiger partial charge in [0.2, 0.25) is 11.8 Å². The number of aromatic amines is 2. The Morgan fingerprint density at radius 3 is 1.72 bits per heavy atom. The molecule has 2 N–H and O–H groups in total. The molecule has 0 unspecified atom stereocenters. The van der Waals surface area contributed by atoms with Gasteiger partial charge in [-0.2, -0.15) is 0 Å². The van der Waals surface area contributed by atoms with E-state index < -0.39 is 0 Å². The number of pyridine rings is 3. The van der Waals surface area contributed by atoms with Crippen LogP contribution in [-0.2, 0) is 48.1 Å². The molecule has 4 aliphatic rings. The van der Waals surface area contributed by atoms with Crippen molar-refractivity contribution in [1.82, 2.24) is 24.8 Å². The zero-order chi connectivity index (χ0) is 45.0. The van der Waals surface area contributed by atoms with Gasteiger partial charge in [-0.1, -0.05) is 82.9 Å². The van der Waals surface area contributed by atoms with Crippen molar-refractivity contribution >= 4 is 62.1 Å². The molecule has 0 spiro atoms. The molecule has 12 heteroatoms. The maximum absolute atomic E-state index is 13.0. The number of hydrogen-bond donors (Lipinski definition) is 2. The number of H-pyrrole nitrogens is 2. The molecule has 10 rings (SSSR count). The second kappa shape index (κ2) is 19.7. The Bertz CT molecular complexity index is 2960. The summed E-state index contributed by atoms with van der Waals surface area (Å²) in [6.07, 6.45) is 13.8. The predicted molar refractivity (Wildman–Crippen MR) is 261 cm³/mol. The first kappa shape index (κ1) is 44.4. The SMILES string of the molecule is O=C(Cc1ccccc1)N1CCC(=C2c3ccc(Cl)cc3CCc3c2[nH]cc(Br)c3=O)CC1.O=C(Cc1cccnc1)N1CCC(=C2c3ccc(Cl)cc3CCc3c2[nH]ccc3=O)CC1. The summed E-state index contributed by atoms with van der Waals surface area (Å²) in [5.74, 6) is 0.292. The summed E-state index contributed by atoms with van der Waals surface area (Å²) in [5.41, 5.74) is 14.9. The van der Waals surface area contributed by atoms with Gasteiger partial charge in [-0.25, -0.2) is 0 Å². The summed E-state index contributed by atoms with van der Waals surface area (Å²) in [4.78, 5) is 66.0. The molecule has 2 fully saturated rings. The molecule has 330 valence electrons. The Balaban J connectivity index is 0.000000164. The van der Waals surface area contributed by atoms with Crippen molar-refractivity contribution in [3.05, 3.63) is 212 Å². The van der Waals surface area contributed by atoms with Crippen molar-refractivity contribution in [2.45, 2.75) is 64.2 Å². The topological polar surface area (TPSA) is 119 Å². The quantitative estimate of drug-likeness (QED) is 0.183. The fourth-order valence-corrected chi connectivity index (χ4v) is 10.5. The van der Waals surface area contributed by atoms with Crippen LogP contribution >= 0.6 is 39.1 Å². The summed E-state index contributed by atoms with van der Waals surface area (Å²) in [7, 11) is 0. The number of aromatic nitrogens is 3. The number of fused-ring (bicyclic) bond motifs is 4. The predicted octanol–water partition coefficient (Wildman–Crippen LogP) is 9.75. The Hall–Kier alpha value is -5.81. The minimum absolute atomic E-state index is 0.0382. The molecule has 5 heterocycles. The molecular weight excluding hydrogens is 921 g/mol. The highest BCUT2D eigenvalue weighted by molar-refractivity contribution is 9.10. The number of amides is 2. The van der Waals surface area contributed by atoms with Crippen LogP contribution in [0.3, 0.4) is 0 Å². The smallest absolute Gasteiger partial charge is 0.227 e. The van der Waals surface area contributed by atoms with E-state index in [-0.39, 0.29) is 22.7 Å². The number of nitrogens with zero attached hydrogens (tertiary/aromatic N) is 3. The van der Waals surface area contributed by atoms with Gasteiger partial charge in [0.1, 0.15) is 0 Å². The van der Waals surface area contributed by atoms with E-state index in [1.807, 2.05) is 76.5 Å². The lowest BCUT2D eigenvalue weighted by Crippen LogP contribution is -2.37. The first-order valence-electron chi connectivity index (χ1n) is 22.2. The minimum Gasteiger partial charge on any atom is -0.361 e. The van der Waals surface area contributed by atoms with Gasteiger partial charge >= 0.3 is 0 Å². The van der Waals surface area contributed by atoms with Crippen molar-refractivity contribution < 1.29 is 9.59 Å². The molecule has 6 aromatic rings. The van der Waals surface area contributed by atoms with E-state index in [1.54, 1.807) is 30.9 Å². The van der Waals surface area contributed by atoms with Gasteiger partial charge in [0.25, 0.3) is 0 Å². The zero-order valence-corrected chi connectivity index (χ0v) is 39.0. The third kappa shape index (κ3) is 9.76. The van der Waals surface area contributed by atoms with Crippen LogP contribution in [0.15, 0.2) is 135 Å². The summed E-state index contributed by atoms with van der Waals surface area (Å²) >= 11 is 16.0. The van der Waals surface area contributed by atoms with Gasteiger partial charge < -0.3 is 19.8 Å². The maximum Gasteiger partial charge on any atom is 0.227 e. The molecule has 0 saturated carbocycles. The number of benzene rings is 3. The molecule has 3 aromatic carbocycles. The highest BCUT2D eigenvalue weighted by atomic mass is 79.9. The van der Waals surface area contributed by atoms with Crippen LogP contribution in [0.2, 0.25) is 10.0 Å². The van der Waals surface area contributed by atoms with Crippen molar-refractivity contribution in [1.29, 1.82) is 0 Å². The third-order valence-corrected chi connectivity index (χ3v) is 14.1. The lowest BCUT2D eigenvalue weighted by molar-refractivity contribution is -0.131. The Kier molecular flexibility index (Phi) is 13.5. The van der Waals surface area contributed by atoms with Gasteiger partial charge in [0, 0.05) is 89.4 Å². The molecule has 9 nitrogen and oxygen atoms in total. The minimum atomic E-state index is 0.0382. The zero-order valence-electron chi connectivity index (χ0n) is 35.9. The van der Waals surface area contributed by atoms with Crippen molar-refractivity contribution in [3.8, 4) is 0 Å². The number of halogens is 3.